The topological polar surface area (TPSA) is 46.0 Å². The minimum atomic E-state index is -4.40. The lowest BCUT2D eigenvalue weighted by molar-refractivity contribution is -0.137. The van der Waals surface area contributed by atoms with E-state index in [0.717, 1.165) is 17.7 Å². The van der Waals surface area contributed by atoms with Gasteiger partial charge >= 0.3 is 6.18 Å². The van der Waals surface area contributed by atoms with Gasteiger partial charge < -0.3 is 10.2 Å². The Morgan fingerprint density at radius 3 is 2.68 bits per heavy atom. The third kappa shape index (κ3) is 5.19. The van der Waals surface area contributed by atoms with Crippen LogP contribution in [0.15, 0.2) is 57.5 Å². The van der Waals surface area contributed by atoms with Crippen molar-refractivity contribution in [1.29, 1.82) is 0 Å². The largest absolute Gasteiger partial charge is 0.416 e. The van der Waals surface area contributed by atoms with Crippen LogP contribution in [0.5, 0.6) is 0 Å². The number of halogens is 4. The van der Waals surface area contributed by atoms with Crippen molar-refractivity contribution < 1.29 is 18.0 Å². The van der Waals surface area contributed by atoms with E-state index in [1.807, 2.05) is 13.8 Å². The molecule has 1 N–H and O–H groups in total. The first-order valence-electron chi connectivity index (χ1n) is 7.39. The van der Waals surface area contributed by atoms with Gasteiger partial charge in [0, 0.05) is 17.8 Å². The Morgan fingerprint density at radius 1 is 1.44 bits per heavy atom. The van der Waals surface area contributed by atoms with Gasteiger partial charge in [0.15, 0.2) is 6.10 Å². The van der Waals surface area contributed by atoms with Crippen LogP contribution in [0.25, 0.3) is 0 Å². The first kappa shape index (κ1) is 19.2. The molecule has 4 nitrogen and oxygen atoms in total. The molecule has 8 heteroatoms. The van der Waals surface area contributed by atoms with Crippen molar-refractivity contribution in [2.45, 2.75) is 32.5 Å². The molecule has 1 aromatic carbocycles. The third-order valence-corrected chi connectivity index (χ3v) is 3.91. The van der Waals surface area contributed by atoms with Crippen LogP contribution in [-0.4, -0.2) is 17.4 Å². The third-order valence-electron chi connectivity index (χ3n) is 3.45. The number of rotatable bonds is 5. The molecule has 1 aromatic rings. The molecule has 1 atom stereocenters. The maximum absolute atomic E-state index is 12.9. The lowest BCUT2D eigenvalue weighted by Gasteiger charge is -2.15. The second kappa shape index (κ2) is 7.86. The molecule has 1 aliphatic rings. The normalized spacial score (nSPS) is 17.6. The standard InChI is InChI=1S/C17H17BrF3N3O/c1-10(2)13(8-14(22-3)15-9-16(18)24-25-15)23-12-6-4-5-11(7-12)17(19,20)21/h4-8,15,23H,3,9H2,1-2H3/b14-8-/t15-/m0/s1. The van der Waals surface area contributed by atoms with Gasteiger partial charge in [0.05, 0.1) is 11.3 Å². The summed E-state index contributed by atoms with van der Waals surface area (Å²) in [5.41, 5.74) is 1.64. The highest BCUT2D eigenvalue weighted by atomic mass is 79.9. The maximum Gasteiger partial charge on any atom is 0.416 e. The van der Waals surface area contributed by atoms with Gasteiger partial charge in [0.1, 0.15) is 4.62 Å². The van der Waals surface area contributed by atoms with Crippen LogP contribution < -0.4 is 5.32 Å². The number of nitrogens with one attached hydrogen (secondary N) is 1. The van der Waals surface area contributed by atoms with E-state index in [-0.39, 0.29) is 6.10 Å². The molecule has 134 valence electrons. The molecule has 0 radical (unpaired) electrons. The number of hydrogen-bond acceptors (Lipinski definition) is 4. The predicted molar refractivity (Wildman–Crippen MR) is 96.9 cm³/mol. The van der Waals surface area contributed by atoms with Crippen molar-refractivity contribution >= 4 is 33.0 Å². The van der Waals surface area contributed by atoms with Crippen molar-refractivity contribution in [2.75, 3.05) is 5.32 Å². The monoisotopic (exact) mass is 415 g/mol. The molecule has 25 heavy (non-hydrogen) atoms. The zero-order valence-electron chi connectivity index (χ0n) is 13.7. The highest BCUT2D eigenvalue weighted by Gasteiger charge is 2.30. The van der Waals surface area contributed by atoms with Crippen molar-refractivity contribution in [2.24, 2.45) is 10.1 Å². The number of alkyl halides is 3. The minimum absolute atomic E-state index is 0.329. The summed E-state index contributed by atoms with van der Waals surface area (Å²) in [5, 5.41) is 6.81. The molecule has 0 saturated heterocycles. The van der Waals surface area contributed by atoms with Crippen molar-refractivity contribution in [1.82, 2.24) is 0 Å². The second-order valence-electron chi connectivity index (χ2n) is 5.61. The molecule has 0 unspecified atom stereocenters. The minimum Gasteiger partial charge on any atom is -0.385 e. The fraction of sp³-hybridized carbons (Fsp3) is 0.294. The van der Waals surface area contributed by atoms with Gasteiger partial charge in [-0.1, -0.05) is 16.8 Å². The maximum atomic E-state index is 12.9. The number of nitrogens with zero attached hydrogens (tertiary/aromatic N) is 2. The molecule has 0 aliphatic carbocycles. The Balaban J connectivity index is 2.27. The Labute approximate surface area is 152 Å². The van der Waals surface area contributed by atoms with Crippen LogP contribution in [0.4, 0.5) is 18.9 Å². The molecule has 0 fully saturated rings. The lowest BCUT2D eigenvalue weighted by atomic mass is 10.1. The van der Waals surface area contributed by atoms with Crippen LogP contribution in [0.1, 0.15) is 25.8 Å². The molecule has 1 aliphatic heterocycles. The van der Waals surface area contributed by atoms with E-state index in [4.69, 9.17) is 4.84 Å². The smallest absolute Gasteiger partial charge is 0.385 e. The van der Waals surface area contributed by atoms with Gasteiger partial charge in [-0.15, -0.1) is 0 Å². The van der Waals surface area contributed by atoms with E-state index in [2.05, 4.69) is 38.1 Å². The van der Waals surface area contributed by atoms with E-state index >= 15 is 0 Å². The molecule has 0 spiro atoms. The number of hydrogen-bond donors (Lipinski definition) is 1. The van der Waals surface area contributed by atoms with E-state index in [1.165, 1.54) is 6.07 Å². The highest BCUT2D eigenvalue weighted by Crippen LogP contribution is 2.31. The number of allylic oxidation sites excluding steroid dienone is 2. The molecular weight excluding hydrogens is 399 g/mol. The van der Waals surface area contributed by atoms with Crippen molar-refractivity contribution in [3.05, 3.63) is 52.9 Å². The number of oxime groups is 1. The van der Waals surface area contributed by atoms with Gasteiger partial charge in [-0.05, 0) is 60.8 Å². The van der Waals surface area contributed by atoms with E-state index in [9.17, 15) is 13.2 Å². The number of aliphatic imine (C=N–C) groups is 1. The summed E-state index contributed by atoms with van der Waals surface area (Å²) in [6.45, 7) is 7.22. The summed E-state index contributed by atoms with van der Waals surface area (Å²) in [6.07, 6.45) is -2.56. The van der Waals surface area contributed by atoms with E-state index < -0.39 is 11.7 Å². The molecular formula is C17H17BrF3N3O. The Morgan fingerprint density at radius 2 is 2.16 bits per heavy atom. The van der Waals surface area contributed by atoms with Crippen LogP contribution in [0.3, 0.4) is 0 Å². The molecule has 0 bridgehead atoms. The van der Waals surface area contributed by atoms with Gasteiger partial charge in [-0.2, -0.15) is 13.2 Å². The van der Waals surface area contributed by atoms with Gasteiger partial charge in [0.25, 0.3) is 0 Å². The van der Waals surface area contributed by atoms with Crippen LogP contribution in [-0.2, 0) is 11.0 Å². The van der Waals surface area contributed by atoms with E-state index in [1.54, 1.807) is 12.1 Å². The first-order valence-corrected chi connectivity index (χ1v) is 8.18. The second-order valence-corrected chi connectivity index (χ2v) is 6.53. The summed E-state index contributed by atoms with van der Waals surface area (Å²) < 4.78 is 39.2. The summed E-state index contributed by atoms with van der Waals surface area (Å²) in [5.74, 6) is 0. The van der Waals surface area contributed by atoms with Crippen molar-refractivity contribution in [3.8, 4) is 0 Å². The van der Waals surface area contributed by atoms with Gasteiger partial charge in [-0.3, -0.25) is 4.99 Å². The SMILES string of the molecule is C=N/C(=C\C(Nc1cccc(C(F)(F)F)c1)=C(C)C)[C@@H]1CC(Br)=NO1. The Kier molecular flexibility index (Phi) is 6.05. The Bertz CT molecular complexity index is 750. The number of benzene rings is 1. The molecule has 2 rings (SSSR count). The van der Waals surface area contributed by atoms with Crippen LogP contribution >= 0.6 is 15.9 Å². The fourth-order valence-electron chi connectivity index (χ4n) is 2.13. The summed E-state index contributed by atoms with van der Waals surface area (Å²) in [6, 6.07) is 5.01. The zero-order chi connectivity index (χ0) is 18.6. The van der Waals surface area contributed by atoms with Gasteiger partial charge in [0.2, 0.25) is 0 Å². The number of anilines is 1. The summed E-state index contributed by atoms with van der Waals surface area (Å²) >= 11 is 3.25. The Hall–Kier alpha value is -2.09. The van der Waals surface area contributed by atoms with Gasteiger partial charge in [-0.25, -0.2) is 0 Å². The first-order chi connectivity index (χ1) is 11.7. The van der Waals surface area contributed by atoms with Crippen molar-refractivity contribution in [3.63, 3.8) is 0 Å². The molecule has 0 aromatic heterocycles. The fourth-order valence-corrected chi connectivity index (χ4v) is 2.51. The lowest BCUT2D eigenvalue weighted by Crippen LogP contribution is -2.11. The molecule has 0 amide bonds. The summed E-state index contributed by atoms with van der Waals surface area (Å²) in [4.78, 5) is 9.22. The van der Waals surface area contributed by atoms with E-state index in [0.29, 0.717) is 28.1 Å². The van der Waals surface area contributed by atoms with Crippen LogP contribution in [0.2, 0.25) is 0 Å². The molecule has 0 saturated carbocycles. The quantitative estimate of drug-likeness (QED) is 0.510. The summed E-state index contributed by atoms with van der Waals surface area (Å²) in [7, 11) is 0. The van der Waals surface area contributed by atoms with Crippen LogP contribution in [0, 0.1) is 0 Å². The zero-order valence-corrected chi connectivity index (χ0v) is 15.3. The highest BCUT2D eigenvalue weighted by molar-refractivity contribution is 9.18. The average molecular weight is 416 g/mol. The average Bonchev–Trinajstić information content (AvgIpc) is 2.97. The predicted octanol–water partition coefficient (Wildman–Crippen LogP) is 5.49. The molecule has 1 heterocycles.